The zero-order valence-corrected chi connectivity index (χ0v) is 8.77. The Morgan fingerprint density at radius 1 is 1.33 bits per heavy atom. The van der Waals surface area contributed by atoms with E-state index in [1.165, 1.54) is 0 Å². The van der Waals surface area contributed by atoms with Crippen LogP contribution in [0.1, 0.15) is 5.69 Å². The smallest absolute Gasteiger partial charge is 0.146 e. The van der Waals surface area contributed by atoms with Gasteiger partial charge < -0.3 is 10.5 Å². The number of methoxy groups -OCH3 is 1. The molecule has 1 heterocycles. The molecule has 0 aliphatic rings. The number of aromatic nitrogens is 2. The van der Waals surface area contributed by atoms with Crippen molar-refractivity contribution < 1.29 is 4.74 Å². The van der Waals surface area contributed by atoms with Crippen molar-refractivity contribution in [2.45, 2.75) is 6.92 Å². The quantitative estimate of drug-likeness (QED) is 0.757. The van der Waals surface area contributed by atoms with Crippen LogP contribution in [0.3, 0.4) is 0 Å². The Hall–Kier alpha value is -1.97. The predicted octanol–water partition coefficient (Wildman–Crippen LogP) is 1.77. The Morgan fingerprint density at radius 3 is 2.73 bits per heavy atom. The summed E-state index contributed by atoms with van der Waals surface area (Å²) < 4.78 is 7.08. The maximum atomic E-state index is 5.68. The Kier molecular flexibility index (Phi) is 2.33. The molecule has 0 saturated heterocycles. The Morgan fingerprint density at radius 2 is 2.13 bits per heavy atom. The van der Waals surface area contributed by atoms with Crippen molar-refractivity contribution in [1.82, 2.24) is 9.78 Å². The number of rotatable bonds is 2. The first-order chi connectivity index (χ1) is 7.22. The minimum absolute atomic E-state index is 0.681. The number of hydrogen-bond acceptors (Lipinski definition) is 3. The number of nitrogen functional groups attached to an aromatic ring is 1. The van der Waals surface area contributed by atoms with E-state index >= 15 is 0 Å². The molecule has 1 aromatic heterocycles. The molecule has 0 fully saturated rings. The highest BCUT2D eigenvalue weighted by Gasteiger charge is 2.07. The second-order valence-corrected chi connectivity index (χ2v) is 3.32. The van der Waals surface area contributed by atoms with Gasteiger partial charge in [0, 0.05) is 23.6 Å². The van der Waals surface area contributed by atoms with Gasteiger partial charge >= 0.3 is 0 Å². The van der Waals surface area contributed by atoms with Crippen LogP contribution in [0.2, 0.25) is 0 Å². The molecule has 2 aromatic rings. The van der Waals surface area contributed by atoms with Crippen LogP contribution in [-0.4, -0.2) is 16.9 Å². The largest absolute Gasteiger partial charge is 0.494 e. The van der Waals surface area contributed by atoms with Gasteiger partial charge in [0.1, 0.15) is 11.4 Å². The van der Waals surface area contributed by atoms with E-state index in [4.69, 9.17) is 10.5 Å². The summed E-state index contributed by atoms with van der Waals surface area (Å²) in [5.74, 6) is 0.724. The summed E-state index contributed by atoms with van der Waals surface area (Å²) in [4.78, 5) is 0. The van der Waals surface area contributed by atoms with Crippen LogP contribution >= 0.6 is 0 Å². The average Bonchev–Trinajstić information content (AvgIpc) is 2.64. The maximum absolute atomic E-state index is 5.68. The number of aryl methyl sites for hydroxylation is 1. The fourth-order valence-corrected chi connectivity index (χ4v) is 1.49. The van der Waals surface area contributed by atoms with Crippen LogP contribution in [0.5, 0.6) is 5.75 Å². The van der Waals surface area contributed by atoms with Gasteiger partial charge in [-0.15, -0.1) is 0 Å². The molecule has 0 saturated carbocycles. The van der Waals surface area contributed by atoms with E-state index in [9.17, 15) is 0 Å². The number of nitrogens with zero attached hydrogens (tertiary/aromatic N) is 2. The molecule has 2 N–H and O–H groups in total. The molecule has 0 spiro atoms. The number of hydrogen-bond donors (Lipinski definition) is 1. The van der Waals surface area contributed by atoms with E-state index in [2.05, 4.69) is 5.10 Å². The number of benzene rings is 1. The highest BCUT2D eigenvalue weighted by Crippen LogP contribution is 2.25. The third-order valence-corrected chi connectivity index (χ3v) is 2.26. The summed E-state index contributed by atoms with van der Waals surface area (Å²) in [7, 11) is 1.62. The predicted molar refractivity (Wildman–Crippen MR) is 59.3 cm³/mol. The number of anilines is 1. The molecule has 0 unspecified atom stereocenters. The van der Waals surface area contributed by atoms with E-state index in [-0.39, 0.29) is 0 Å². The molecule has 0 aliphatic carbocycles. The normalized spacial score (nSPS) is 10.3. The van der Waals surface area contributed by atoms with Crippen LogP contribution in [0.15, 0.2) is 30.5 Å². The SMILES string of the molecule is COc1cc(N)ccc1-n1nccc1C. The van der Waals surface area contributed by atoms with E-state index in [1.807, 2.05) is 29.8 Å². The third-order valence-electron chi connectivity index (χ3n) is 2.26. The third kappa shape index (κ3) is 1.66. The second kappa shape index (κ2) is 3.65. The molecule has 0 atom stereocenters. The second-order valence-electron chi connectivity index (χ2n) is 3.32. The lowest BCUT2D eigenvalue weighted by Crippen LogP contribution is -2.02. The zero-order valence-electron chi connectivity index (χ0n) is 8.77. The van der Waals surface area contributed by atoms with Crippen molar-refractivity contribution >= 4 is 5.69 Å². The minimum Gasteiger partial charge on any atom is -0.494 e. The summed E-state index contributed by atoms with van der Waals surface area (Å²) in [6.07, 6.45) is 1.76. The van der Waals surface area contributed by atoms with Crippen molar-refractivity contribution in [2.75, 3.05) is 12.8 Å². The summed E-state index contributed by atoms with van der Waals surface area (Å²) in [5.41, 5.74) is 8.32. The average molecular weight is 203 g/mol. The first kappa shape index (κ1) is 9.58. The van der Waals surface area contributed by atoms with Gasteiger partial charge in [-0.3, -0.25) is 0 Å². The zero-order chi connectivity index (χ0) is 10.8. The Balaban J connectivity index is 2.58. The van der Waals surface area contributed by atoms with Crippen molar-refractivity contribution in [3.8, 4) is 11.4 Å². The molecule has 0 bridgehead atoms. The van der Waals surface area contributed by atoms with Gasteiger partial charge in [0.25, 0.3) is 0 Å². The van der Waals surface area contributed by atoms with E-state index < -0.39 is 0 Å². The monoisotopic (exact) mass is 203 g/mol. The van der Waals surface area contributed by atoms with Crippen LogP contribution in [-0.2, 0) is 0 Å². The first-order valence-corrected chi connectivity index (χ1v) is 4.67. The van der Waals surface area contributed by atoms with Gasteiger partial charge in [0.05, 0.1) is 7.11 Å². The van der Waals surface area contributed by atoms with E-state index in [0.29, 0.717) is 5.69 Å². The Labute approximate surface area is 88.3 Å². The van der Waals surface area contributed by atoms with Gasteiger partial charge in [-0.25, -0.2) is 4.68 Å². The molecule has 2 rings (SSSR count). The molecule has 1 aromatic carbocycles. The number of ether oxygens (including phenoxy) is 1. The summed E-state index contributed by atoms with van der Waals surface area (Å²) >= 11 is 0. The number of nitrogens with two attached hydrogens (primary N) is 1. The summed E-state index contributed by atoms with van der Waals surface area (Å²) in [6.45, 7) is 1.99. The van der Waals surface area contributed by atoms with Crippen LogP contribution in [0.25, 0.3) is 5.69 Å². The van der Waals surface area contributed by atoms with E-state index in [0.717, 1.165) is 17.1 Å². The van der Waals surface area contributed by atoms with Crippen molar-refractivity contribution in [3.05, 3.63) is 36.2 Å². The minimum atomic E-state index is 0.681. The molecule has 0 aliphatic heterocycles. The summed E-state index contributed by atoms with van der Waals surface area (Å²) in [5, 5.41) is 4.22. The molecule has 4 nitrogen and oxygen atoms in total. The lowest BCUT2D eigenvalue weighted by molar-refractivity contribution is 0.411. The van der Waals surface area contributed by atoms with Crippen LogP contribution < -0.4 is 10.5 Å². The summed E-state index contributed by atoms with van der Waals surface area (Å²) in [6, 6.07) is 7.46. The molecule has 4 heteroatoms. The lowest BCUT2D eigenvalue weighted by Gasteiger charge is -2.10. The van der Waals surface area contributed by atoms with Crippen molar-refractivity contribution in [2.24, 2.45) is 0 Å². The molecule has 0 radical (unpaired) electrons. The van der Waals surface area contributed by atoms with Crippen molar-refractivity contribution in [3.63, 3.8) is 0 Å². The topological polar surface area (TPSA) is 53.1 Å². The molecular formula is C11H13N3O. The lowest BCUT2D eigenvalue weighted by atomic mass is 10.2. The highest BCUT2D eigenvalue weighted by molar-refractivity contribution is 5.55. The van der Waals surface area contributed by atoms with E-state index in [1.54, 1.807) is 19.4 Å². The van der Waals surface area contributed by atoms with Crippen LogP contribution in [0.4, 0.5) is 5.69 Å². The molecule has 15 heavy (non-hydrogen) atoms. The molecular weight excluding hydrogens is 190 g/mol. The fourth-order valence-electron chi connectivity index (χ4n) is 1.49. The molecule has 0 amide bonds. The van der Waals surface area contributed by atoms with Crippen LogP contribution in [0, 0.1) is 6.92 Å². The van der Waals surface area contributed by atoms with Gasteiger partial charge in [-0.2, -0.15) is 5.10 Å². The highest BCUT2D eigenvalue weighted by atomic mass is 16.5. The van der Waals surface area contributed by atoms with Gasteiger partial charge in [0.2, 0.25) is 0 Å². The molecule has 78 valence electrons. The van der Waals surface area contributed by atoms with Crippen molar-refractivity contribution in [1.29, 1.82) is 0 Å². The Bertz CT molecular complexity index is 476. The van der Waals surface area contributed by atoms with Gasteiger partial charge in [0.15, 0.2) is 0 Å². The fraction of sp³-hybridized carbons (Fsp3) is 0.182. The standard InChI is InChI=1S/C11H13N3O/c1-8-5-6-13-14(8)10-4-3-9(12)7-11(10)15-2/h3-7H,12H2,1-2H3. The van der Waals surface area contributed by atoms with Gasteiger partial charge in [-0.1, -0.05) is 0 Å². The maximum Gasteiger partial charge on any atom is 0.146 e. The first-order valence-electron chi connectivity index (χ1n) is 4.67. The van der Waals surface area contributed by atoms with Gasteiger partial charge in [-0.05, 0) is 25.1 Å².